The molecule has 2 atom stereocenters. The highest BCUT2D eigenvalue weighted by Gasteiger charge is 2.15. The first-order valence-electron chi connectivity index (χ1n) is 10.2. The maximum Gasteiger partial charge on any atom is 0.191 e. The van der Waals surface area contributed by atoms with E-state index in [1.807, 2.05) is 0 Å². The molecule has 0 bridgehead atoms. The van der Waals surface area contributed by atoms with E-state index >= 15 is 0 Å². The molecule has 2 fully saturated rings. The van der Waals surface area contributed by atoms with Gasteiger partial charge in [-0.1, -0.05) is 6.92 Å². The molecule has 6 heteroatoms. The molecule has 146 valence electrons. The largest absolute Gasteiger partial charge is 0.379 e. The van der Waals surface area contributed by atoms with Gasteiger partial charge in [0.25, 0.3) is 0 Å². The van der Waals surface area contributed by atoms with Crippen LogP contribution >= 0.6 is 0 Å². The summed E-state index contributed by atoms with van der Waals surface area (Å²) < 4.78 is 11.3. The van der Waals surface area contributed by atoms with Crippen LogP contribution in [0.2, 0.25) is 0 Å². The lowest BCUT2D eigenvalue weighted by Crippen LogP contribution is -2.38. The SMILES string of the molecule is CCNC(=NCC(C)CN1CCCC1)NCCCOCC1CCCO1. The van der Waals surface area contributed by atoms with Crippen molar-refractivity contribution in [1.82, 2.24) is 15.5 Å². The molecule has 2 unspecified atom stereocenters. The summed E-state index contributed by atoms with van der Waals surface area (Å²) in [7, 11) is 0. The van der Waals surface area contributed by atoms with Gasteiger partial charge in [0.15, 0.2) is 5.96 Å². The van der Waals surface area contributed by atoms with Gasteiger partial charge in [-0.05, 0) is 58.0 Å². The molecule has 6 nitrogen and oxygen atoms in total. The van der Waals surface area contributed by atoms with E-state index in [0.29, 0.717) is 12.0 Å². The van der Waals surface area contributed by atoms with Gasteiger partial charge in [0, 0.05) is 39.4 Å². The number of aliphatic imine (C=N–C) groups is 1. The van der Waals surface area contributed by atoms with Crippen molar-refractivity contribution in [3.63, 3.8) is 0 Å². The summed E-state index contributed by atoms with van der Waals surface area (Å²) in [5, 5.41) is 6.74. The van der Waals surface area contributed by atoms with Crippen LogP contribution in [0.3, 0.4) is 0 Å². The van der Waals surface area contributed by atoms with Crippen molar-refractivity contribution in [2.24, 2.45) is 10.9 Å². The van der Waals surface area contributed by atoms with Crippen LogP contribution in [0.25, 0.3) is 0 Å². The number of rotatable bonds is 11. The minimum atomic E-state index is 0.323. The molecule has 2 heterocycles. The van der Waals surface area contributed by atoms with E-state index in [0.717, 1.165) is 58.3 Å². The van der Waals surface area contributed by atoms with Gasteiger partial charge in [-0.3, -0.25) is 4.99 Å². The Morgan fingerprint density at radius 2 is 2.12 bits per heavy atom. The maximum absolute atomic E-state index is 5.70. The van der Waals surface area contributed by atoms with Gasteiger partial charge in [0.2, 0.25) is 0 Å². The minimum absolute atomic E-state index is 0.323. The summed E-state index contributed by atoms with van der Waals surface area (Å²) in [6.45, 7) is 13.2. The number of likely N-dealkylation sites (tertiary alicyclic amines) is 1. The number of ether oxygens (including phenoxy) is 2. The Bertz CT molecular complexity index is 366. The monoisotopic (exact) mass is 354 g/mol. The summed E-state index contributed by atoms with van der Waals surface area (Å²) in [4.78, 5) is 7.30. The van der Waals surface area contributed by atoms with Crippen LogP contribution in [0.4, 0.5) is 0 Å². The van der Waals surface area contributed by atoms with Crippen LogP contribution in [-0.2, 0) is 9.47 Å². The normalized spacial score (nSPS) is 23.1. The van der Waals surface area contributed by atoms with E-state index in [1.54, 1.807) is 0 Å². The van der Waals surface area contributed by atoms with Crippen LogP contribution in [0.15, 0.2) is 4.99 Å². The zero-order valence-corrected chi connectivity index (χ0v) is 16.3. The molecule has 0 radical (unpaired) electrons. The fourth-order valence-corrected chi connectivity index (χ4v) is 3.42. The van der Waals surface area contributed by atoms with Gasteiger partial charge in [-0.25, -0.2) is 0 Å². The molecule has 2 aliphatic heterocycles. The number of hydrogen-bond acceptors (Lipinski definition) is 4. The van der Waals surface area contributed by atoms with Crippen molar-refractivity contribution >= 4 is 5.96 Å². The third-order valence-corrected chi connectivity index (χ3v) is 4.76. The molecule has 0 spiro atoms. The predicted octanol–water partition coefficient (Wildman–Crippen LogP) is 1.86. The third-order valence-electron chi connectivity index (χ3n) is 4.76. The molecule has 2 aliphatic rings. The van der Waals surface area contributed by atoms with Crippen LogP contribution in [0, 0.1) is 5.92 Å². The Hall–Kier alpha value is -0.850. The van der Waals surface area contributed by atoms with Crippen LogP contribution < -0.4 is 10.6 Å². The van der Waals surface area contributed by atoms with E-state index in [-0.39, 0.29) is 0 Å². The summed E-state index contributed by atoms with van der Waals surface area (Å²) in [5.74, 6) is 1.53. The van der Waals surface area contributed by atoms with E-state index in [9.17, 15) is 0 Å². The first-order valence-corrected chi connectivity index (χ1v) is 10.2. The quantitative estimate of drug-likeness (QED) is 0.337. The van der Waals surface area contributed by atoms with Crippen molar-refractivity contribution in [2.75, 3.05) is 59.1 Å². The third kappa shape index (κ3) is 8.88. The minimum Gasteiger partial charge on any atom is -0.379 e. The maximum atomic E-state index is 5.70. The molecule has 0 aromatic heterocycles. The van der Waals surface area contributed by atoms with Crippen molar-refractivity contribution in [3.05, 3.63) is 0 Å². The Balaban J connectivity index is 1.54. The molecule has 0 aromatic carbocycles. The Morgan fingerprint density at radius 3 is 2.84 bits per heavy atom. The summed E-state index contributed by atoms with van der Waals surface area (Å²) >= 11 is 0. The molecule has 0 amide bonds. The Morgan fingerprint density at radius 1 is 1.28 bits per heavy atom. The standard InChI is InChI=1S/C19H38N4O2/c1-3-20-19(22-14-17(2)15-23-10-4-5-11-23)21-9-7-12-24-16-18-8-6-13-25-18/h17-18H,3-16H2,1-2H3,(H2,20,21,22). The van der Waals surface area contributed by atoms with Gasteiger partial charge in [0.1, 0.15) is 0 Å². The van der Waals surface area contributed by atoms with E-state index in [4.69, 9.17) is 14.5 Å². The highest BCUT2D eigenvalue weighted by molar-refractivity contribution is 5.79. The number of nitrogens with zero attached hydrogens (tertiary/aromatic N) is 2. The summed E-state index contributed by atoms with van der Waals surface area (Å²) in [6.07, 6.45) is 6.34. The lowest BCUT2D eigenvalue weighted by atomic mass is 10.2. The topological polar surface area (TPSA) is 58.1 Å². The van der Waals surface area contributed by atoms with E-state index < -0.39 is 0 Å². The molecular weight excluding hydrogens is 316 g/mol. The summed E-state index contributed by atoms with van der Waals surface area (Å²) in [5.41, 5.74) is 0. The fraction of sp³-hybridized carbons (Fsp3) is 0.947. The second-order valence-electron chi connectivity index (χ2n) is 7.32. The predicted molar refractivity (Wildman–Crippen MR) is 103 cm³/mol. The second kappa shape index (κ2) is 12.5. The zero-order chi connectivity index (χ0) is 17.7. The van der Waals surface area contributed by atoms with Crippen LogP contribution in [0.5, 0.6) is 0 Å². The molecule has 2 rings (SSSR count). The Kier molecular flexibility index (Phi) is 10.2. The zero-order valence-electron chi connectivity index (χ0n) is 16.3. The molecule has 0 aromatic rings. The van der Waals surface area contributed by atoms with Crippen molar-refractivity contribution in [2.45, 2.75) is 52.1 Å². The number of guanidine groups is 1. The number of nitrogens with one attached hydrogen (secondary N) is 2. The average Bonchev–Trinajstić information content (AvgIpc) is 3.29. The van der Waals surface area contributed by atoms with E-state index in [1.165, 1.54) is 38.9 Å². The molecule has 2 N–H and O–H groups in total. The van der Waals surface area contributed by atoms with Gasteiger partial charge in [0.05, 0.1) is 12.7 Å². The first-order chi connectivity index (χ1) is 12.3. The lowest BCUT2D eigenvalue weighted by Gasteiger charge is -2.19. The first kappa shape index (κ1) is 20.5. The fourth-order valence-electron chi connectivity index (χ4n) is 3.42. The van der Waals surface area contributed by atoms with Gasteiger partial charge >= 0.3 is 0 Å². The van der Waals surface area contributed by atoms with E-state index in [2.05, 4.69) is 29.4 Å². The van der Waals surface area contributed by atoms with Crippen molar-refractivity contribution < 1.29 is 9.47 Å². The molecular formula is C19H38N4O2. The van der Waals surface area contributed by atoms with Crippen LogP contribution in [-0.4, -0.2) is 76.1 Å². The molecule has 0 aliphatic carbocycles. The molecule has 2 saturated heterocycles. The average molecular weight is 355 g/mol. The highest BCUT2D eigenvalue weighted by atomic mass is 16.5. The number of hydrogen-bond donors (Lipinski definition) is 2. The lowest BCUT2D eigenvalue weighted by molar-refractivity contribution is 0.0168. The second-order valence-corrected chi connectivity index (χ2v) is 7.32. The summed E-state index contributed by atoms with van der Waals surface area (Å²) in [6, 6.07) is 0. The highest BCUT2D eigenvalue weighted by Crippen LogP contribution is 2.12. The van der Waals surface area contributed by atoms with Crippen molar-refractivity contribution in [3.8, 4) is 0 Å². The van der Waals surface area contributed by atoms with Gasteiger partial charge in [-0.2, -0.15) is 0 Å². The van der Waals surface area contributed by atoms with Crippen LogP contribution in [0.1, 0.15) is 46.0 Å². The molecule has 0 saturated carbocycles. The Labute approximate surface area is 153 Å². The van der Waals surface area contributed by atoms with Gasteiger partial charge in [-0.15, -0.1) is 0 Å². The van der Waals surface area contributed by atoms with Gasteiger partial charge < -0.3 is 25.0 Å². The molecule has 25 heavy (non-hydrogen) atoms. The smallest absolute Gasteiger partial charge is 0.191 e. The van der Waals surface area contributed by atoms with Crippen molar-refractivity contribution in [1.29, 1.82) is 0 Å².